The van der Waals surface area contributed by atoms with Gasteiger partial charge in [-0.1, -0.05) is 36.4 Å². The van der Waals surface area contributed by atoms with Gasteiger partial charge in [0.05, 0.1) is 4.92 Å². The van der Waals surface area contributed by atoms with Gasteiger partial charge in [-0.2, -0.15) is 4.98 Å². The summed E-state index contributed by atoms with van der Waals surface area (Å²) in [5.41, 5.74) is -0.181. The molecule has 1 saturated heterocycles. The molecule has 27 heavy (non-hydrogen) atoms. The van der Waals surface area contributed by atoms with Gasteiger partial charge in [-0.15, -0.1) is 0 Å². The minimum absolute atomic E-state index is 0.0286. The molecular formula is C20H20N4O3. The molecular weight excluding hydrogens is 344 g/mol. The summed E-state index contributed by atoms with van der Waals surface area (Å²) in [4.78, 5) is 21.7. The molecule has 0 N–H and O–H groups in total. The molecule has 1 aromatic heterocycles. The van der Waals surface area contributed by atoms with E-state index < -0.39 is 4.92 Å². The maximum atomic E-state index is 11.9. The van der Waals surface area contributed by atoms with E-state index in [9.17, 15) is 10.1 Å². The second-order valence-electron chi connectivity index (χ2n) is 6.73. The molecule has 0 amide bonds. The molecule has 1 aliphatic heterocycles. The fraction of sp³-hybridized carbons (Fsp3) is 0.300. The molecule has 0 aliphatic carbocycles. The lowest BCUT2D eigenvalue weighted by molar-refractivity contribution is -0.385. The molecule has 7 nitrogen and oxygen atoms in total. The fourth-order valence-electron chi connectivity index (χ4n) is 3.60. The van der Waals surface area contributed by atoms with E-state index in [1.165, 1.54) is 6.33 Å². The number of nitro groups is 1. The van der Waals surface area contributed by atoms with Crippen LogP contribution in [0.5, 0.6) is 11.6 Å². The van der Waals surface area contributed by atoms with Crippen LogP contribution in [0.1, 0.15) is 26.2 Å². The minimum atomic E-state index is -0.447. The second-order valence-corrected chi connectivity index (χ2v) is 6.73. The number of piperidine rings is 1. The van der Waals surface area contributed by atoms with Gasteiger partial charge in [0.1, 0.15) is 12.1 Å². The van der Waals surface area contributed by atoms with E-state index >= 15 is 0 Å². The highest BCUT2D eigenvalue weighted by Crippen LogP contribution is 2.39. The number of ether oxygens (including phenoxy) is 1. The zero-order chi connectivity index (χ0) is 18.8. The summed E-state index contributed by atoms with van der Waals surface area (Å²) >= 11 is 0. The summed E-state index contributed by atoms with van der Waals surface area (Å²) < 4.78 is 5.93. The number of fused-ring (bicyclic) bond motifs is 1. The van der Waals surface area contributed by atoms with E-state index in [0.29, 0.717) is 11.6 Å². The molecule has 0 saturated carbocycles. The maximum Gasteiger partial charge on any atom is 0.373 e. The van der Waals surface area contributed by atoms with Crippen molar-refractivity contribution < 1.29 is 9.66 Å². The third-order valence-corrected chi connectivity index (χ3v) is 4.98. The van der Waals surface area contributed by atoms with E-state index in [1.54, 1.807) is 6.07 Å². The zero-order valence-electron chi connectivity index (χ0n) is 15.0. The van der Waals surface area contributed by atoms with Crippen molar-refractivity contribution in [3.63, 3.8) is 0 Å². The van der Waals surface area contributed by atoms with Gasteiger partial charge in [0, 0.05) is 18.0 Å². The Kier molecular flexibility index (Phi) is 4.58. The summed E-state index contributed by atoms with van der Waals surface area (Å²) in [6, 6.07) is 13.5. The first-order valence-electron chi connectivity index (χ1n) is 9.07. The van der Waals surface area contributed by atoms with Gasteiger partial charge in [-0.25, -0.2) is 4.98 Å². The summed E-state index contributed by atoms with van der Waals surface area (Å²) in [6.07, 6.45) is 4.44. The van der Waals surface area contributed by atoms with E-state index in [2.05, 4.69) is 16.9 Å². The van der Waals surface area contributed by atoms with E-state index in [0.717, 1.165) is 36.6 Å². The fourth-order valence-corrected chi connectivity index (χ4v) is 3.60. The van der Waals surface area contributed by atoms with Crippen LogP contribution in [0.15, 0.2) is 48.8 Å². The first-order valence-corrected chi connectivity index (χ1v) is 9.07. The SMILES string of the molecule is CC1CCCCN1c1ncnc(Oc2cccc3ccccc23)c1[N+](=O)[O-]. The number of aromatic nitrogens is 2. The van der Waals surface area contributed by atoms with Crippen LogP contribution in [0.25, 0.3) is 10.8 Å². The lowest BCUT2D eigenvalue weighted by Gasteiger charge is -2.33. The Labute approximate surface area is 156 Å². The highest BCUT2D eigenvalue weighted by Gasteiger charge is 2.32. The van der Waals surface area contributed by atoms with Crippen LogP contribution < -0.4 is 9.64 Å². The minimum Gasteiger partial charge on any atom is -0.433 e. The Morgan fingerprint density at radius 3 is 2.78 bits per heavy atom. The van der Waals surface area contributed by atoms with Crippen molar-refractivity contribution in [3.05, 3.63) is 58.9 Å². The number of hydrogen-bond donors (Lipinski definition) is 0. The number of anilines is 1. The number of rotatable bonds is 4. The molecule has 0 spiro atoms. The molecule has 7 heteroatoms. The average molecular weight is 364 g/mol. The first-order chi connectivity index (χ1) is 13.1. The van der Waals surface area contributed by atoms with Crippen LogP contribution in [-0.2, 0) is 0 Å². The largest absolute Gasteiger partial charge is 0.433 e. The highest BCUT2D eigenvalue weighted by atomic mass is 16.6. The quantitative estimate of drug-likeness (QED) is 0.493. The maximum absolute atomic E-state index is 11.9. The topological polar surface area (TPSA) is 81.4 Å². The van der Waals surface area contributed by atoms with Gasteiger partial charge in [-0.05, 0) is 37.6 Å². The predicted molar refractivity (Wildman–Crippen MR) is 103 cm³/mol. The molecule has 0 bridgehead atoms. The average Bonchev–Trinajstić information content (AvgIpc) is 2.68. The highest BCUT2D eigenvalue weighted by molar-refractivity contribution is 5.88. The molecule has 0 radical (unpaired) electrons. The molecule has 4 rings (SSSR count). The normalized spacial score (nSPS) is 17.1. The lowest BCUT2D eigenvalue weighted by atomic mass is 10.0. The first kappa shape index (κ1) is 17.2. The van der Waals surface area contributed by atoms with Crippen molar-refractivity contribution in [2.45, 2.75) is 32.2 Å². The zero-order valence-corrected chi connectivity index (χ0v) is 15.0. The molecule has 2 heterocycles. The second kappa shape index (κ2) is 7.19. The smallest absolute Gasteiger partial charge is 0.373 e. The third kappa shape index (κ3) is 3.28. The molecule has 1 fully saturated rings. The van der Waals surface area contributed by atoms with Crippen molar-refractivity contribution in [1.82, 2.24) is 9.97 Å². The number of benzene rings is 2. The molecule has 3 aromatic rings. The Hall–Kier alpha value is -3.22. The van der Waals surface area contributed by atoms with Gasteiger partial charge in [0.15, 0.2) is 0 Å². The van der Waals surface area contributed by atoms with Crippen LogP contribution in [0.4, 0.5) is 11.5 Å². The molecule has 1 atom stereocenters. The summed E-state index contributed by atoms with van der Waals surface area (Å²) in [5, 5.41) is 13.7. The molecule has 138 valence electrons. The van der Waals surface area contributed by atoms with E-state index in [4.69, 9.17) is 4.74 Å². The Morgan fingerprint density at radius 2 is 1.96 bits per heavy atom. The van der Waals surface area contributed by atoms with Gasteiger partial charge in [0.2, 0.25) is 5.82 Å². The van der Waals surface area contributed by atoms with Crippen molar-refractivity contribution in [1.29, 1.82) is 0 Å². The van der Waals surface area contributed by atoms with Gasteiger partial charge in [0.25, 0.3) is 0 Å². The molecule has 1 unspecified atom stereocenters. The Balaban J connectivity index is 1.79. The molecule has 1 aliphatic rings. The molecule has 2 aromatic carbocycles. The van der Waals surface area contributed by atoms with Crippen LogP contribution >= 0.6 is 0 Å². The summed E-state index contributed by atoms with van der Waals surface area (Å²) in [6.45, 7) is 2.81. The standard InChI is InChI=1S/C20H20N4O3/c1-14-7-4-5-12-23(14)19-18(24(25)26)20(22-13-21-19)27-17-11-6-9-15-8-2-3-10-16(15)17/h2-3,6,8-11,13-14H,4-5,7,12H2,1H3. The van der Waals surface area contributed by atoms with Gasteiger partial charge in [-0.3, -0.25) is 10.1 Å². The summed E-state index contributed by atoms with van der Waals surface area (Å²) in [7, 11) is 0. The Bertz CT molecular complexity index is 987. The van der Waals surface area contributed by atoms with Crippen molar-refractivity contribution >= 4 is 22.3 Å². The van der Waals surface area contributed by atoms with Gasteiger partial charge < -0.3 is 9.64 Å². The van der Waals surface area contributed by atoms with Crippen LogP contribution in [0.2, 0.25) is 0 Å². The van der Waals surface area contributed by atoms with E-state index in [1.807, 2.05) is 41.3 Å². The predicted octanol–water partition coefficient (Wildman–Crippen LogP) is 4.71. The van der Waals surface area contributed by atoms with Crippen molar-refractivity contribution in [3.8, 4) is 11.6 Å². The van der Waals surface area contributed by atoms with Crippen molar-refractivity contribution in [2.24, 2.45) is 0 Å². The van der Waals surface area contributed by atoms with Crippen LogP contribution in [-0.4, -0.2) is 27.5 Å². The van der Waals surface area contributed by atoms with Gasteiger partial charge >= 0.3 is 11.6 Å². The summed E-state index contributed by atoms with van der Waals surface area (Å²) in [5.74, 6) is 0.837. The van der Waals surface area contributed by atoms with Crippen molar-refractivity contribution in [2.75, 3.05) is 11.4 Å². The number of hydrogen-bond acceptors (Lipinski definition) is 6. The monoisotopic (exact) mass is 364 g/mol. The van der Waals surface area contributed by atoms with Crippen LogP contribution in [0, 0.1) is 10.1 Å². The van der Waals surface area contributed by atoms with Crippen LogP contribution in [0.3, 0.4) is 0 Å². The Morgan fingerprint density at radius 1 is 1.15 bits per heavy atom. The lowest BCUT2D eigenvalue weighted by Crippen LogP contribution is -2.38. The third-order valence-electron chi connectivity index (χ3n) is 4.98. The van der Waals surface area contributed by atoms with E-state index in [-0.39, 0.29) is 17.6 Å². The number of nitrogens with zero attached hydrogens (tertiary/aromatic N) is 4.